The molecule has 14 heavy (non-hydrogen) atoms. The van der Waals surface area contributed by atoms with E-state index in [9.17, 15) is 8.78 Å². The van der Waals surface area contributed by atoms with Crippen LogP contribution in [0.1, 0.15) is 23.4 Å². The van der Waals surface area contributed by atoms with Crippen molar-refractivity contribution in [2.75, 3.05) is 0 Å². The first-order valence-electron chi connectivity index (χ1n) is 3.73. The number of pyridine rings is 1. The molecule has 78 valence electrons. The average molecular weight is 287 g/mol. The van der Waals surface area contributed by atoms with E-state index in [1.54, 1.807) is 0 Å². The van der Waals surface area contributed by atoms with E-state index in [0.29, 0.717) is 11.0 Å². The molecule has 0 radical (unpaired) electrons. The summed E-state index contributed by atoms with van der Waals surface area (Å²) in [6.45, 7) is -0.445. The topological polar surface area (TPSA) is 33.1 Å². The van der Waals surface area contributed by atoms with E-state index in [1.165, 1.54) is 6.07 Å². The lowest BCUT2D eigenvalue weighted by atomic mass is 10.2. The molecular formula is C8H7BrClF2NO. The molecule has 0 spiro atoms. The minimum atomic E-state index is -2.66. The maximum absolute atomic E-state index is 12.5. The predicted octanol–water partition coefficient (Wildman–Crippen LogP) is 3.06. The molecule has 0 saturated heterocycles. The van der Waals surface area contributed by atoms with Gasteiger partial charge in [0.1, 0.15) is 0 Å². The zero-order chi connectivity index (χ0) is 10.7. The number of alkyl halides is 3. The highest BCUT2D eigenvalue weighted by molar-refractivity contribution is 9.08. The molecule has 0 aliphatic heterocycles. The third-order valence-electron chi connectivity index (χ3n) is 1.63. The monoisotopic (exact) mass is 285 g/mol. The van der Waals surface area contributed by atoms with Gasteiger partial charge in [-0.15, -0.1) is 0 Å². The summed E-state index contributed by atoms with van der Waals surface area (Å²) in [5, 5.41) is 9.02. The Morgan fingerprint density at radius 1 is 1.57 bits per heavy atom. The molecule has 0 atom stereocenters. The van der Waals surface area contributed by atoms with E-state index < -0.39 is 13.0 Å². The molecule has 0 aliphatic carbocycles. The van der Waals surface area contributed by atoms with Crippen molar-refractivity contribution >= 4 is 27.5 Å². The lowest BCUT2D eigenvalue weighted by Gasteiger charge is -2.08. The number of halogens is 4. The Bertz CT molecular complexity index is 335. The molecule has 0 aliphatic rings. The summed E-state index contributed by atoms with van der Waals surface area (Å²) in [5.74, 6) is 0. The summed E-state index contributed by atoms with van der Waals surface area (Å²) in [6.07, 6.45) is -2.66. The first kappa shape index (κ1) is 11.8. The Balaban J connectivity index is 3.27. The summed E-state index contributed by atoms with van der Waals surface area (Å²) < 4.78 is 24.9. The molecule has 0 fully saturated rings. The highest BCUT2D eigenvalue weighted by Gasteiger charge is 2.17. The summed E-state index contributed by atoms with van der Waals surface area (Å²) >= 11 is 8.71. The fourth-order valence-electron chi connectivity index (χ4n) is 0.996. The van der Waals surface area contributed by atoms with Crippen molar-refractivity contribution in [2.24, 2.45) is 0 Å². The minimum absolute atomic E-state index is 0.0823. The quantitative estimate of drug-likeness (QED) is 0.866. The SMILES string of the molecule is OCc1nc(CBr)cc(C(F)F)c1Cl. The van der Waals surface area contributed by atoms with Gasteiger partial charge in [0.15, 0.2) is 0 Å². The Labute approximate surface area is 93.0 Å². The number of nitrogens with zero attached hydrogens (tertiary/aromatic N) is 1. The van der Waals surface area contributed by atoms with Crippen LogP contribution < -0.4 is 0 Å². The van der Waals surface area contributed by atoms with Gasteiger partial charge in [0.2, 0.25) is 0 Å². The lowest BCUT2D eigenvalue weighted by Crippen LogP contribution is -2.00. The molecule has 0 saturated carbocycles. The molecule has 0 amide bonds. The fourth-order valence-corrected chi connectivity index (χ4v) is 1.52. The van der Waals surface area contributed by atoms with Crippen molar-refractivity contribution in [1.29, 1.82) is 0 Å². The van der Waals surface area contributed by atoms with E-state index in [2.05, 4.69) is 20.9 Å². The maximum Gasteiger partial charge on any atom is 0.265 e. The second-order valence-corrected chi connectivity index (χ2v) is 3.49. The first-order valence-corrected chi connectivity index (χ1v) is 5.23. The van der Waals surface area contributed by atoms with Crippen LogP contribution in [0.4, 0.5) is 8.78 Å². The van der Waals surface area contributed by atoms with Crippen molar-refractivity contribution in [3.05, 3.63) is 28.0 Å². The van der Waals surface area contributed by atoms with E-state index >= 15 is 0 Å². The Kier molecular flexibility index (Phi) is 4.22. The predicted molar refractivity (Wildman–Crippen MR) is 52.8 cm³/mol. The van der Waals surface area contributed by atoms with Crippen LogP contribution in [0.3, 0.4) is 0 Å². The number of hydrogen-bond donors (Lipinski definition) is 1. The third-order valence-corrected chi connectivity index (χ3v) is 2.64. The highest BCUT2D eigenvalue weighted by Crippen LogP contribution is 2.30. The molecule has 1 rings (SSSR count). The normalized spacial score (nSPS) is 11.0. The molecule has 0 bridgehead atoms. The van der Waals surface area contributed by atoms with Crippen LogP contribution >= 0.6 is 27.5 Å². The van der Waals surface area contributed by atoms with Crippen molar-refractivity contribution in [1.82, 2.24) is 4.98 Å². The molecule has 0 unspecified atom stereocenters. The summed E-state index contributed by atoms with van der Waals surface area (Å²) in [7, 11) is 0. The van der Waals surface area contributed by atoms with Crippen LogP contribution in [0.5, 0.6) is 0 Å². The molecular weight excluding hydrogens is 279 g/mol. The number of aromatic nitrogens is 1. The number of aliphatic hydroxyl groups is 1. The molecule has 6 heteroatoms. The smallest absolute Gasteiger partial charge is 0.265 e. The lowest BCUT2D eigenvalue weighted by molar-refractivity contribution is 0.151. The zero-order valence-electron chi connectivity index (χ0n) is 6.98. The van der Waals surface area contributed by atoms with Gasteiger partial charge in [-0.2, -0.15) is 0 Å². The first-order chi connectivity index (χ1) is 6.60. The van der Waals surface area contributed by atoms with Gasteiger partial charge >= 0.3 is 0 Å². The fraction of sp³-hybridized carbons (Fsp3) is 0.375. The Hall–Kier alpha value is -0.260. The van der Waals surface area contributed by atoms with Crippen LogP contribution in [0, 0.1) is 0 Å². The van der Waals surface area contributed by atoms with Gasteiger partial charge < -0.3 is 5.11 Å². The van der Waals surface area contributed by atoms with Gasteiger partial charge in [0.05, 0.1) is 23.0 Å². The van der Waals surface area contributed by atoms with Crippen molar-refractivity contribution in [3.63, 3.8) is 0 Å². The van der Waals surface area contributed by atoms with Crippen LogP contribution in [0.25, 0.3) is 0 Å². The zero-order valence-corrected chi connectivity index (χ0v) is 9.32. The van der Waals surface area contributed by atoms with Crippen molar-refractivity contribution in [2.45, 2.75) is 18.4 Å². The van der Waals surface area contributed by atoms with E-state index in [4.69, 9.17) is 16.7 Å². The maximum atomic E-state index is 12.5. The number of aliphatic hydroxyl groups excluding tert-OH is 1. The second kappa shape index (κ2) is 5.00. The van der Waals surface area contributed by atoms with Crippen molar-refractivity contribution in [3.8, 4) is 0 Å². The molecule has 1 aromatic heterocycles. The van der Waals surface area contributed by atoms with E-state index in [1.807, 2.05) is 0 Å². The Morgan fingerprint density at radius 2 is 2.21 bits per heavy atom. The van der Waals surface area contributed by atoms with Gasteiger partial charge in [-0.3, -0.25) is 4.98 Å². The summed E-state index contributed by atoms with van der Waals surface area (Å²) in [5.41, 5.74) is 0.216. The third kappa shape index (κ3) is 2.40. The second-order valence-electron chi connectivity index (χ2n) is 2.56. The molecule has 1 N–H and O–H groups in total. The van der Waals surface area contributed by atoms with Crippen LogP contribution in [-0.4, -0.2) is 10.1 Å². The largest absolute Gasteiger partial charge is 0.390 e. The van der Waals surface area contributed by atoms with E-state index in [-0.39, 0.29) is 16.3 Å². The molecule has 1 aromatic rings. The van der Waals surface area contributed by atoms with Crippen molar-refractivity contribution < 1.29 is 13.9 Å². The molecule has 0 aromatic carbocycles. The van der Waals surface area contributed by atoms with Crippen LogP contribution in [0.15, 0.2) is 6.07 Å². The van der Waals surface area contributed by atoms with E-state index in [0.717, 1.165) is 0 Å². The van der Waals surface area contributed by atoms with Gasteiger partial charge in [0, 0.05) is 10.9 Å². The van der Waals surface area contributed by atoms with Gasteiger partial charge in [-0.1, -0.05) is 27.5 Å². The molecule has 1 heterocycles. The molecule has 2 nitrogen and oxygen atoms in total. The van der Waals surface area contributed by atoms with Crippen LogP contribution in [-0.2, 0) is 11.9 Å². The highest BCUT2D eigenvalue weighted by atomic mass is 79.9. The standard InChI is InChI=1S/C8H7BrClF2NO/c9-2-4-1-5(8(11)12)7(10)6(3-14)13-4/h1,8,14H,2-3H2. The summed E-state index contributed by atoms with van der Waals surface area (Å²) in [6, 6.07) is 1.22. The van der Waals surface area contributed by atoms with Gasteiger partial charge in [0.25, 0.3) is 6.43 Å². The van der Waals surface area contributed by atoms with Crippen LogP contribution in [0.2, 0.25) is 5.02 Å². The van der Waals surface area contributed by atoms with Gasteiger partial charge in [-0.05, 0) is 6.07 Å². The summed E-state index contributed by atoms with van der Waals surface area (Å²) in [4.78, 5) is 3.89. The Morgan fingerprint density at radius 3 is 2.64 bits per heavy atom. The number of hydrogen-bond acceptors (Lipinski definition) is 2. The number of rotatable bonds is 3. The minimum Gasteiger partial charge on any atom is -0.390 e. The average Bonchev–Trinajstić information content (AvgIpc) is 2.17. The van der Waals surface area contributed by atoms with Gasteiger partial charge in [-0.25, -0.2) is 8.78 Å².